The highest BCUT2D eigenvalue weighted by molar-refractivity contribution is 7.17. The molecule has 40 heavy (non-hydrogen) atoms. The lowest BCUT2D eigenvalue weighted by Crippen LogP contribution is -1.96. The van der Waals surface area contributed by atoms with Crippen LogP contribution in [0.15, 0.2) is 91.4 Å². The molecule has 0 radical (unpaired) electrons. The van der Waals surface area contributed by atoms with Crippen LogP contribution in [-0.4, -0.2) is 35.9 Å². The largest absolute Gasteiger partial charge is 0.487 e. The lowest BCUT2D eigenvalue weighted by molar-refractivity contribution is 0.102. The van der Waals surface area contributed by atoms with Crippen LogP contribution in [0.1, 0.15) is 22.2 Å². The monoisotopic (exact) mass is 542 g/mol. The van der Waals surface area contributed by atoms with Gasteiger partial charge < -0.3 is 9.72 Å². The average Bonchev–Trinajstić information content (AvgIpc) is 3.74. The number of carbonyl (C=O) groups excluding carboxylic acids is 1. The van der Waals surface area contributed by atoms with E-state index in [-0.39, 0.29) is 5.78 Å². The number of aromatic nitrogens is 6. The van der Waals surface area contributed by atoms with Gasteiger partial charge in [-0.15, -0.1) is 11.3 Å². The van der Waals surface area contributed by atoms with Crippen LogP contribution in [0.25, 0.3) is 55.2 Å². The summed E-state index contributed by atoms with van der Waals surface area (Å²) in [6, 6.07) is 23.7. The van der Waals surface area contributed by atoms with Crippen LogP contribution in [0.5, 0.6) is 5.75 Å². The first-order chi connectivity index (χ1) is 19.6. The van der Waals surface area contributed by atoms with Gasteiger partial charge in [0.05, 0.1) is 28.0 Å². The van der Waals surface area contributed by atoms with Crippen LogP contribution in [0.4, 0.5) is 0 Å². The number of ether oxygens (including phenoxy) is 1. The molecule has 9 heteroatoms. The number of thiophene rings is 1. The highest BCUT2D eigenvalue weighted by Crippen LogP contribution is 2.36. The number of fused-ring (bicyclic) bond motifs is 2. The van der Waals surface area contributed by atoms with Gasteiger partial charge in [-0.3, -0.25) is 14.9 Å². The quantitative estimate of drug-likeness (QED) is 0.208. The molecule has 0 aliphatic rings. The molecule has 0 unspecified atom stereocenters. The highest BCUT2D eigenvalue weighted by Gasteiger charge is 2.17. The van der Waals surface area contributed by atoms with E-state index >= 15 is 0 Å². The van der Waals surface area contributed by atoms with E-state index in [1.54, 1.807) is 25.5 Å². The van der Waals surface area contributed by atoms with Crippen molar-refractivity contribution in [2.24, 2.45) is 0 Å². The molecule has 8 nitrogen and oxygen atoms in total. The van der Waals surface area contributed by atoms with Crippen LogP contribution >= 0.6 is 11.3 Å². The Bertz CT molecular complexity index is 2010. The van der Waals surface area contributed by atoms with E-state index < -0.39 is 0 Å². The van der Waals surface area contributed by atoms with Gasteiger partial charge in [-0.05, 0) is 55.0 Å². The molecule has 194 valence electrons. The molecule has 6 heterocycles. The first-order valence-electron chi connectivity index (χ1n) is 12.7. The maximum absolute atomic E-state index is 11.8. The lowest BCUT2D eigenvalue weighted by atomic mass is 10.1. The summed E-state index contributed by atoms with van der Waals surface area (Å²) in [7, 11) is 0. The summed E-state index contributed by atoms with van der Waals surface area (Å²) >= 11 is 1.48. The first kappa shape index (κ1) is 23.9. The fourth-order valence-electron chi connectivity index (χ4n) is 4.67. The Hall–Kier alpha value is -5.15. The number of nitrogens with one attached hydrogen (secondary N) is 2. The van der Waals surface area contributed by atoms with E-state index in [0.29, 0.717) is 18.1 Å². The Morgan fingerprint density at radius 3 is 2.75 bits per heavy atom. The molecule has 7 aromatic rings. The number of hydrogen-bond donors (Lipinski definition) is 2. The zero-order valence-corrected chi connectivity index (χ0v) is 22.2. The minimum atomic E-state index is 0.0599. The number of H-pyrrole nitrogens is 2. The van der Waals surface area contributed by atoms with Gasteiger partial charge in [0.1, 0.15) is 29.2 Å². The molecule has 0 saturated heterocycles. The van der Waals surface area contributed by atoms with Gasteiger partial charge in [0.15, 0.2) is 5.78 Å². The number of carbonyl (C=O) groups is 1. The van der Waals surface area contributed by atoms with Crippen LogP contribution in [0.3, 0.4) is 0 Å². The molecule has 0 spiro atoms. The molecule has 0 saturated carbocycles. The summed E-state index contributed by atoms with van der Waals surface area (Å²) in [5.41, 5.74) is 7.49. The van der Waals surface area contributed by atoms with E-state index in [1.165, 1.54) is 11.3 Å². The standard InChI is InChI=1S/C31H22N6O2S/c1-18(38)27-9-10-28(40-27)22-11-12-33-31-23(22)14-26(35-31)30-29-25(36-37-30)8-7-24(34-29)20-13-21(16-32-15-20)39-17-19-5-3-2-4-6-19/h2-16H,17H2,1H3,(H,33,35)(H,36,37). The molecular formula is C31H22N6O2S. The third-order valence-corrected chi connectivity index (χ3v) is 7.89. The molecule has 1 aromatic carbocycles. The van der Waals surface area contributed by atoms with Crippen LogP contribution in [-0.2, 0) is 6.61 Å². The highest BCUT2D eigenvalue weighted by atomic mass is 32.1. The topological polar surface area (TPSA) is 109 Å². The van der Waals surface area contributed by atoms with Crippen LogP contribution in [0.2, 0.25) is 0 Å². The minimum Gasteiger partial charge on any atom is -0.487 e. The SMILES string of the molecule is CC(=O)c1ccc(-c2ccnc3[nH]c(-c4n[nH]c5ccc(-c6cncc(OCc7ccccc7)c6)nc45)cc23)s1. The zero-order chi connectivity index (χ0) is 27.1. The summed E-state index contributed by atoms with van der Waals surface area (Å²) in [4.78, 5) is 30.8. The molecule has 0 amide bonds. The minimum absolute atomic E-state index is 0.0599. The maximum Gasteiger partial charge on any atom is 0.169 e. The molecule has 0 aliphatic heterocycles. The van der Waals surface area contributed by atoms with Crippen molar-refractivity contribution in [3.63, 3.8) is 0 Å². The van der Waals surface area contributed by atoms with Gasteiger partial charge in [0.25, 0.3) is 0 Å². The van der Waals surface area contributed by atoms with Crippen molar-refractivity contribution in [1.29, 1.82) is 0 Å². The molecular weight excluding hydrogens is 520 g/mol. The average molecular weight is 543 g/mol. The van der Waals surface area contributed by atoms with Gasteiger partial charge in [-0.25, -0.2) is 9.97 Å². The van der Waals surface area contributed by atoms with Crippen molar-refractivity contribution < 1.29 is 9.53 Å². The van der Waals surface area contributed by atoms with E-state index in [4.69, 9.17) is 9.72 Å². The summed E-state index contributed by atoms with van der Waals surface area (Å²) < 4.78 is 5.98. The third kappa shape index (κ3) is 4.42. The van der Waals surface area contributed by atoms with Crippen molar-refractivity contribution >= 4 is 39.2 Å². The van der Waals surface area contributed by atoms with E-state index in [0.717, 1.165) is 59.9 Å². The van der Waals surface area contributed by atoms with Crippen molar-refractivity contribution in [2.45, 2.75) is 13.5 Å². The van der Waals surface area contributed by atoms with Crippen molar-refractivity contribution in [1.82, 2.24) is 30.1 Å². The second-order valence-corrected chi connectivity index (χ2v) is 10.5. The Labute approximate surface area is 232 Å². The number of Topliss-reactive ketones (excluding diaryl/α,β-unsaturated/α-hetero) is 1. The molecule has 0 atom stereocenters. The summed E-state index contributed by atoms with van der Waals surface area (Å²) in [5.74, 6) is 0.732. The second-order valence-electron chi connectivity index (χ2n) is 9.37. The third-order valence-electron chi connectivity index (χ3n) is 6.67. The molecule has 0 fully saturated rings. The Morgan fingerprint density at radius 2 is 1.90 bits per heavy atom. The second kappa shape index (κ2) is 9.87. The van der Waals surface area contributed by atoms with Gasteiger partial charge in [-0.1, -0.05) is 30.3 Å². The van der Waals surface area contributed by atoms with Crippen molar-refractivity contribution in [2.75, 3.05) is 0 Å². The van der Waals surface area contributed by atoms with Gasteiger partial charge in [0.2, 0.25) is 0 Å². The number of ketones is 1. The summed E-state index contributed by atoms with van der Waals surface area (Å²) in [6.07, 6.45) is 5.25. The van der Waals surface area contributed by atoms with E-state index in [2.05, 4.69) is 25.1 Å². The van der Waals surface area contributed by atoms with Crippen molar-refractivity contribution in [3.05, 3.63) is 102 Å². The smallest absolute Gasteiger partial charge is 0.169 e. The number of nitrogens with zero attached hydrogens (tertiary/aromatic N) is 4. The fraction of sp³-hybridized carbons (Fsp3) is 0.0645. The summed E-state index contributed by atoms with van der Waals surface area (Å²) in [5, 5.41) is 8.62. The normalized spacial score (nSPS) is 11.3. The summed E-state index contributed by atoms with van der Waals surface area (Å²) in [6.45, 7) is 2.04. The number of aromatic amines is 2. The lowest BCUT2D eigenvalue weighted by Gasteiger charge is -2.08. The molecule has 2 N–H and O–H groups in total. The number of hydrogen-bond acceptors (Lipinski definition) is 7. The maximum atomic E-state index is 11.8. The van der Waals surface area contributed by atoms with Gasteiger partial charge >= 0.3 is 0 Å². The molecule has 0 aliphatic carbocycles. The zero-order valence-electron chi connectivity index (χ0n) is 21.4. The van der Waals surface area contributed by atoms with Crippen molar-refractivity contribution in [3.8, 4) is 38.8 Å². The predicted molar refractivity (Wildman–Crippen MR) is 156 cm³/mol. The number of rotatable bonds is 7. The van der Waals surface area contributed by atoms with Gasteiger partial charge in [0, 0.05) is 33.8 Å². The molecule has 7 rings (SSSR count). The predicted octanol–water partition coefficient (Wildman–Crippen LogP) is 7.07. The number of pyridine rings is 3. The Morgan fingerprint density at radius 1 is 1.00 bits per heavy atom. The fourth-order valence-corrected chi connectivity index (χ4v) is 5.61. The number of benzene rings is 1. The Balaban J connectivity index is 1.23. The van der Waals surface area contributed by atoms with Gasteiger partial charge in [-0.2, -0.15) is 5.10 Å². The molecule has 6 aromatic heterocycles. The molecule has 0 bridgehead atoms. The first-order valence-corrected chi connectivity index (χ1v) is 13.5. The Kier molecular flexibility index (Phi) is 5.90. The van der Waals surface area contributed by atoms with Crippen LogP contribution < -0.4 is 4.74 Å². The van der Waals surface area contributed by atoms with Crippen LogP contribution in [0, 0.1) is 0 Å². The van der Waals surface area contributed by atoms with E-state index in [1.807, 2.05) is 72.8 Å². The van der Waals surface area contributed by atoms with E-state index in [9.17, 15) is 4.79 Å².